The Kier molecular flexibility index (Phi) is 3.63. The van der Waals surface area contributed by atoms with E-state index >= 15 is 0 Å². The minimum absolute atomic E-state index is 0.689. The van der Waals surface area contributed by atoms with E-state index in [9.17, 15) is 0 Å². The molecular weight excluding hydrogens is 278 g/mol. The number of nitrogens with zero attached hydrogens (tertiary/aromatic N) is 2. The first-order valence-electron chi connectivity index (χ1n) is 7.16. The van der Waals surface area contributed by atoms with Gasteiger partial charge in [0.25, 0.3) is 0 Å². The standard InChI is InChI=1S/C17H19N3O2/c1-4-20-14-7-6-12(18)10-13(14)19-17(20)11-5-8-15(21-2)16(9-11)22-3/h5-10H,4,18H2,1-3H3. The monoisotopic (exact) mass is 297 g/mol. The molecule has 2 aromatic carbocycles. The van der Waals surface area contributed by atoms with Crippen molar-refractivity contribution >= 4 is 16.7 Å². The number of rotatable bonds is 4. The van der Waals surface area contributed by atoms with Crippen molar-refractivity contribution < 1.29 is 9.47 Å². The van der Waals surface area contributed by atoms with Crippen LogP contribution in [-0.4, -0.2) is 23.8 Å². The molecule has 0 unspecified atom stereocenters. The summed E-state index contributed by atoms with van der Waals surface area (Å²) in [6, 6.07) is 11.6. The number of methoxy groups -OCH3 is 2. The number of benzene rings is 2. The zero-order chi connectivity index (χ0) is 15.7. The minimum Gasteiger partial charge on any atom is -0.493 e. The van der Waals surface area contributed by atoms with E-state index in [1.165, 1.54) is 0 Å². The topological polar surface area (TPSA) is 62.3 Å². The summed E-state index contributed by atoms with van der Waals surface area (Å²) in [6.45, 7) is 2.92. The Hall–Kier alpha value is -2.69. The molecule has 3 rings (SSSR count). The average Bonchev–Trinajstić information content (AvgIpc) is 2.91. The molecule has 0 spiro atoms. The number of fused-ring (bicyclic) bond motifs is 1. The van der Waals surface area contributed by atoms with Gasteiger partial charge in [-0.3, -0.25) is 0 Å². The van der Waals surface area contributed by atoms with Crippen LogP contribution in [0.1, 0.15) is 6.92 Å². The number of hydrogen-bond acceptors (Lipinski definition) is 4. The summed E-state index contributed by atoms with van der Waals surface area (Å²) in [5.74, 6) is 2.29. The van der Waals surface area contributed by atoms with Gasteiger partial charge in [0.2, 0.25) is 0 Å². The maximum Gasteiger partial charge on any atom is 0.161 e. The Morgan fingerprint density at radius 3 is 2.50 bits per heavy atom. The lowest BCUT2D eigenvalue weighted by molar-refractivity contribution is 0.355. The van der Waals surface area contributed by atoms with E-state index in [0.29, 0.717) is 17.2 Å². The summed E-state index contributed by atoms with van der Waals surface area (Å²) in [4.78, 5) is 4.73. The van der Waals surface area contributed by atoms with Gasteiger partial charge in [-0.2, -0.15) is 0 Å². The van der Waals surface area contributed by atoms with Gasteiger partial charge in [-0.25, -0.2) is 4.98 Å². The molecule has 2 N–H and O–H groups in total. The number of ether oxygens (including phenoxy) is 2. The third kappa shape index (κ3) is 2.24. The highest BCUT2D eigenvalue weighted by atomic mass is 16.5. The lowest BCUT2D eigenvalue weighted by Crippen LogP contribution is -1.98. The highest BCUT2D eigenvalue weighted by molar-refractivity contribution is 5.83. The lowest BCUT2D eigenvalue weighted by atomic mass is 10.2. The molecule has 0 saturated heterocycles. The average molecular weight is 297 g/mol. The number of aromatic nitrogens is 2. The maximum atomic E-state index is 5.86. The summed E-state index contributed by atoms with van der Waals surface area (Å²) < 4.78 is 12.8. The molecule has 0 atom stereocenters. The van der Waals surface area contributed by atoms with E-state index in [4.69, 9.17) is 20.2 Å². The predicted molar refractivity (Wildman–Crippen MR) is 88.4 cm³/mol. The number of aryl methyl sites for hydroxylation is 1. The van der Waals surface area contributed by atoms with Crippen LogP contribution >= 0.6 is 0 Å². The molecule has 0 aliphatic heterocycles. The molecule has 0 aliphatic rings. The molecule has 0 amide bonds. The first kappa shape index (κ1) is 14.3. The summed E-state index contributed by atoms with van der Waals surface area (Å²) in [6.07, 6.45) is 0. The highest BCUT2D eigenvalue weighted by Gasteiger charge is 2.14. The fourth-order valence-electron chi connectivity index (χ4n) is 2.66. The van der Waals surface area contributed by atoms with Crippen molar-refractivity contribution in [2.75, 3.05) is 20.0 Å². The second-order valence-corrected chi connectivity index (χ2v) is 5.00. The maximum absolute atomic E-state index is 5.86. The fraction of sp³-hybridized carbons (Fsp3) is 0.235. The molecule has 3 aromatic rings. The van der Waals surface area contributed by atoms with Crippen LogP contribution in [0, 0.1) is 0 Å². The molecule has 5 nitrogen and oxygen atoms in total. The van der Waals surface area contributed by atoms with E-state index in [1.54, 1.807) is 14.2 Å². The van der Waals surface area contributed by atoms with Crippen molar-refractivity contribution in [3.63, 3.8) is 0 Å². The Bertz CT molecular complexity index is 824. The van der Waals surface area contributed by atoms with E-state index in [1.807, 2.05) is 36.4 Å². The van der Waals surface area contributed by atoms with Gasteiger partial charge in [0.1, 0.15) is 5.82 Å². The van der Waals surface area contributed by atoms with Gasteiger partial charge >= 0.3 is 0 Å². The van der Waals surface area contributed by atoms with Crippen LogP contribution in [0.25, 0.3) is 22.4 Å². The van der Waals surface area contributed by atoms with Gasteiger partial charge in [0.15, 0.2) is 11.5 Å². The van der Waals surface area contributed by atoms with Gasteiger partial charge in [0.05, 0.1) is 25.3 Å². The normalized spacial score (nSPS) is 10.9. The quantitative estimate of drug-likeness (QED) is 0.750. The summed E-state index contributed by atoms with van der Waals surface area (Å²) in [5, 5.41) is 0. The largest absolute Gasteiger partial charge is 0.493 e. The number of nitrogens with two attached hydrogens (primary N) is 1. The Labute approximate surface area is 129 Å². The summed E-state index contributed by atoms with van der Waals surface area (Å²) in [7, 11) is 3.26. The molecule has 0 bridgehead atoms. The predicted octanol–water partition coefficient (Wildman–Crippen LogP) is 3.32. The fourth-order valence-corrected chi connectivity index (χ4v) is 2.66. The van der Waals surface area contributed by atoms with Crippen LogP contribution in [0.15, 0.2) is 36.4 Å². The molecule has 0 radical (unpaired) electrons. The Morgan fingerprint density at radius 1 is 1.05 bits per heavy atom. The van der Waals surface area contributed by atoms with Crippen molar-refractivity contribution in [1.82, 2.24) is 9.55 Å². The van der Waals surface area contributed by atoms with Gasteiger partial charge in [-0.15, -0.1) is 0 Å². The Morgan fingerprint density at radius 2 is 1.82 bits per heavy atom. The van der Waals surface area contributed by atoms with Crippen molar-refractivity contribution in [3.05, 3.63) is 36.4 Å². The molecular formula is C17H19N3O2. The molecule has 1 heterocycles. The van der Waals surface area contributed by atoms with Crippen LogP contribution in [0.5, 0.6) is 11.5 Å². The molecule has 0 aliphatic carbocycles. The van der Waals surface area contributed by atoms with Crippen molar-refractivity contribution in [1.29, 1.82) is 0 Å². The van der Waals surface area contributed by atoms with Crippen LogP contribution in [0.4, 0.5) is 5.69 Å². The third-order valence-electron chi connectivity index (χ3n) is 3.73. The van der Waals surface area contributed by atoms with Crippen LogP contribution in [0.3, 0.4) is 0 Å². The Balaban J connectivity index is 2.21. The molecule has 114 valence electrons. The second-order valence-electron chi connectivity index (χ2n) is 5.00. The summed E-state index contributed by atoms with van der Waals surface area (Å²) in [5.41, 5.74) is 9.52. The number of anilines is 1. The molecule has 22 heavy (non-hydrogen) atoms. The zero-order valence-corrected chi connectivity index (χ0v) is 13.0. The molecule has 1 aromatic heterocycles. The van der Waals surface area contributed by atoms with Crippen LogP contribution < -0.4 is 15.2 Å². The van der Waals surface area contributed by atoms with Gasteiger partial charge in [-0.1, -0.05) is 0 Å². The molecule has 0 fully saturated rings. The van der Waals surface area contributed by atoms with Crippen LogP contribution in [-0.2, 0) is 6.54 Å². The molecule has 0 saturated carbocycles. The van der Waals surface area contributed by atoms with E-state index in [-0.39, 0.29) is 0 Å². The number of imidazole rings is 1. The minimum atomic E-state index is 0.689. The third-order valence-corrected chi connectivity index (χ3v) is 3.73. The zero-order valence-electron chi connectivity index (χ0n) is 13.0. The number of hydrogen-bond donors (Lipinski definition) is 1. The highest BCUT2D eigenvalue weighted by Crippen LogP contribution is 2.33. The SMILES string of the molecule is CCn1c(-c2ccc(OC)c(OC)c2)nc2cc(N)ccc21. The van der Waals surface area contributed by atoms with Gasteiger partial charge < -0.3 is 19.8 Å². The first-order valence-corrected chi connectivity index (χ1v) is 7.16. The summed E-state index contributed by atoms with van der Waals surface area (Å²) >= 11 is 0. The van der Waals surface area contributed by atoms with E-state index < -0.39 is 0 Å². The lowest BCUT2D eigenvalue weighted by Gasteiger charge is -2.10. The van der Waals surface area contributed by atoms with Gasteiger partial charge in [0, 0.05) is 17.8 Å². The number of nitrogen functional groups attached to an aromatic ring is 1. The second kappa shape index (κ2) is 5.60. The molecule has 5 heteroatoms. The smallest absolute Gasteiger partial charge is 0.161 e. The van der Waals surface area contributed by atoms with Crippen molar-refractivity contribution in [2.45, 2.75) is 13.5 Å². The van der Waals surface area contributed by atoms with Crippen molar-refractivity contribution in [3.8, 4) is 22.9 Å². The van der Waals surface area contributed by atoms with E-state index in [0.717, 1.165) is 29.0 Å². The van der Waals surface area contributed by atoms with Crippen molar-refractivity contribution in [2.24, 2.45) is 0 Å². The first-order chi connectivity index (χ1) is 10.7. The van der Waals surface area contributed by atoms with E-state index in [2.05, 4.69) is 11.5 Å². The van der Waals surface area contributed by atoms with Crippen LogP contribution in [0.2, 0.25) is 0 Å². The van der Waals surface area contributed by atoms with Gasteiger partial charge in [-0.05, 0) is 43.3 Å².